The number of aromatic nitrogens is 3. The average molecular weight is 396 g/mol. The normalized spacial score (nSPS) is 11.7. The summed E-state index contributed by atoms with van der Waals surface area (Å²) >= 11 is 0. The van der Waals surface area contributed by atoms with Gasteiger partial charge in [0.2, 0.25) is 5.91 Å². The summed E-state index contributed by atoms with van der Waals surface area (Å²) in [6.07, 6.45) is 5.08. The molecule has 8 nitrogen and oxygen atoms in total. The van der Waals surface area contributed by atoms with E-state index in [0.29, 0.717) is 17.3 Å². The van der Waals surface area contributed by atoms with E-state index in [0.717, 1.165) is 11.1 Å². The van der Waals surface area contributed by atoms with Gasteiger partial charge in [-0.05, 0) is 36.2 Å². The Morgan fingerprint density at radius 3 is 2.38 bits per heavy atom. The number of aryl methyl sites for hydroxylation is 2. The number of nitrogens with zero attached hydrogens (tertiary/aromatic N) is 3. The summed E-state index contributed by atoms with van der Waals surface area (Å²) in [5.41, 5.74) is 1.37. The molecule has 1 unspecified atom stereocenters. The van der Waals surface area contributed by atoms with Gasteiger partial charge < -0.3 is 23.9 Å². The van der Waals surface area contributed by atoms with Crippen LogP contribution in [0.25, 0.3) is 0 Å². The Kier molecular flexibility index (Phi) is 6.01. The zero-order valence-electron chi connectivity index (χ0n) is 16.9. The van der Waals surface area contributed by atoms with Crippen molar-refractivity contribution in [2.24, 2.45) is 7.05 Å². The number of hydrogen-bond acceptors (Lipinski definition) is 5. The minimum Gasteiger partial charge on any atom is -0.497 e. The third kappa shape index (κ3) is 4.66. The van der Waals surface area contributed by atoms with Gasteiger partial charge in [-0.1, -0.05) is 0 Å². The number of carbonyl (C=O) groups is 1. The molecule has 0 aliphatic carbocycles. The zero-order valence-corrected chi connectivity index (χ0v) is 16.9. The molecule has 8 heteroatoms. The maximum Gasteiger partial charge on any atom is 0.251 e. The van der Waals surface area contributed by atoms with Crippen molar-refractivity contribution in [2.45, 2.75) is 19.5 Å². The predicted molar refractivity (Wildman–Crippen MR) is 108 cm³/mol. The van der Waals surface area contributed by atoms with Crippen LogP contribution in [0, 0.1) is 6.92 Å². The SMILES string of the molecule is COc1cc(OC)cc(C(NC(=O)Cn2ccc(C)cc2=O)c2nccn2C)c1. The Morgan fingerprint density at radius 1 is 1.14 bits per heavy atom. The fourth-order valence-corrected chi connectivity index (χ4v) is 3.05. The molecular formula is C21H24N4O4. The van der Waals surface area contributed by atoms with E-state index in [1.54, 1.807) is 44.9 Å². The molecule has 0 spiro atoms. The Hall–Kier alpha value is -3.55. The number of ether oxygens (including phenoxy) is 2. The summed E-state index contributed by atoms with van der Waals surface area (Å²) in [4.78, 5) is 29.3. The van der Waals surface area contributed by atoms with Gasteiger partial charge in [0.15, 0.2) is 0 Å². The van der Waals surface area contributed by atoms with E-state index >= 15 is 0 Å². The lowest BCUT2D eigenvalue weighted by molar-refractivity contribution is -0.122. The first-order valence-electron chi connectivity index (χ1n) is 9.08. The quantitative estimate of drug-likeness (QED) is 0.658. The van der Waals surface area contributed by atoms with E-state index in [2.05, 4.69) is 10.3 Å². The van der Waals surface area contributed by atoms with Crippen LogP contribution in [0.4, 0.5) is 0 Å². The molecular weight excluding hydrogens is 372 g/mol. The average Bonchev–Trinajstić information content (AvgIpc) is 3.13. The van der Waals surface area contributed by atoms with Crippen molar-refractivity contribution in [3.8, 4) is 11.5 Å². The number of carbonyl (C=O) groups excluding carboxylic acids is 1. The molecule has 2 aromatic heterocycles. The summed E-state index contributed by atoms with van der Waals surface area (Å²) in [5, 5.41) is 2.98. The molecule has 3 rings (SSSR count). The maximum absolute atomic E-state index is 12.8. The van der Waals surface area contributed by atoms with E-state index in [1.165, 1.54) is 10.6 Å². The molecule has 1 atom stereocenters. The minimum absolute atomic E-state index is 0.0961. The highest BCUT2D eigenvalue weighted by Crippen LogP contribution is 2.29. The number of rotatable bonds is 7. The predicted octanol–water partition coefficient (Wildman–Crippen LogP) is 1.81. The summed E-state index contributed by atoms with van der Waals surface area (Å²) in [6, 6.07) is 8.13. The highest BCUT2D eigenvalue weighted by Gasteiger charge is 2.22. The molecule has 152 valence electrons. The second-order valence-corrected chi connectivity index (χ2v) is 6.71. The summed E-state index contributed by atoms with van der Waals surface area (Å²) in [6.45, 7) is 1.74. The van der Waals surface area contributed by atoms with Crippen molar-refractivity contribution in [2.75, 3.05) is 14.2 Å². The topological polar surface area (TPSA) is 87.4 Å². The fourth-order valence-electron chi connectivity index (χ4n) is 3.05. The van der Waals surface area contributed by atoms with Gasteiger partial charge in [0.05, 0.1) is 14.2 Å². The molecule has 0 saturated heterocycles. The second kappa shape index (κ2) is 8.64. The summed E-state index contributed by atoms with van der Waals surface area (Å²) in [7, 11) is 4.98. The Labute approximate surface area is 168 Å². The van der Waals surface area contributed by atoms with Gasteiger partial charge in [-0.2, -0.15) is 0 Å². The Balaban J connectivity index is 1.94. The van der Waals surface area contributed by atoms with Crippen molar-refractivity contribution in [1.82, 2.24) is 19.4 Å². The van der Waals surface area contributed by atoms with Crippen LogP contribution in [0.5, 0.6) is 11.5 Å². The van der Waals surface area contributed by atoms with Crippen LogP contribution in [0.1, 0.15) is 23.0 Å². The molecule has 0 radical (unpaired) electrons. The Morgan fingerprint density at radius 2 is 1.83 bits per heavy atom. The number of benzene rings is 1. The van der Waals surface area contributed by atoms with E-state index in [1.807, 2.05) is 30.7 Å². The van der Waals surface area contributed by atoms with E-state index in [-0.39, 0.29) is 18.0 Å². The number of hydrogen-bond donors (Lipinski definition) is 1. The molecule has 2 heterocycles. The highest BCUT2D eigenvalue weighted by atomic mass is 16.5. The van der Waals surface area contributed by atoms with Crippen LogP contribution in [-0.4, -0.2) is 34.2 Å². The third-order valence-electron chi connectivity index (χ3n) is 4.59. The Bertz CT molecular complexity index is 1050. The van der Waals surface area contributed by atoms with Gasteiger partial charge in [-0.25, -0.2) is 4.98 Å². The molecule has 29 heavy (non-hydrogen) atoms. The minimum atomic E-state index is -0.548. The van der Waals surface area contributed by atoms with Gasteiger partial charge >= 0.3 is 0 Å². The largest absolute Gasteiger partial charge is 0.497 e. The van der Waals surface area contributed by atoms with Crippen molar-refractivity contribution in [3.63, 3.8) is 0 Å². The first-order chi connectivity index (χ1) is 13.9. The number of nitrogens with one attached hydrogen (secondary N) is 1. The van der Waals surface area contributed by atoms with Crippen LogP contribution < -0.4 is 20.3 Å². The molecule has 0 fully saturated rings. The molecule has 1 amide bonds. The molecule has 1 aromatic carbocycles. The van der Waals surface area contributed by atoms with E-state index < -0.39 is 6.04 Å². The monoisotopic (exact) mass is 396 g/mol. The van der Waals surface area contributed by atoms with Crippen LogP contribution in [-0.2, 0) is 18.4 Å². The van der Waals surface area contributed by atoms with Crippen molar-refractivity contribution in [1.29, 1.82) is 0 Å². The van der Waals surface area contributed by atoms with Crippen LogP contribution in [0.15, 0.2) is 53.7 Å². The number of methoxy groups -OCH3 is 2. The van der Waals surface area contributed by atoms with Crippen LogP contribution in [0.3, 0.4) is 0 Å². The number of pyridine rings is 1. The molecule has 0 aliphatic rings. The van der Waals surface area contributed by atoms with Gasteiger partial charge in [0, 0.05) is 37.8 Å². The standard InChI is InChI=1S/C21H24N4O4/c1-14-5-7-25(19(27)9-14)13-18(26)23-20(21-22-6-8-24(21)2)15-10-16(28-3)12-17(11-15)29-4/h5-12,20H,13H2,1-4H3,(H,23,26). The van der Waals surface area contributed by atoms with Crippen molar-refractivity contribution >= 4 is 5.91 Å². The first-order valence-corrected chi connectivity index (χ1v) is 9.08. The molecule has 1 N–H and O–H groups in total. The number of imidazole rings is 1. The fraction of sp³-hybridized carbons (Fsp3) is 0.286. The molecule has 0 saturated carbocycles. The van der Waals surface area contributed by atoms with Crippen molar-refractivity contribution < 1.29 is 14.3 Å². The van der Waals surface area contributed by atoms with Gasteiger partial charge in [-0.3, -0.25) is 9.59 Å². The van der Waals surface area contributed by atoms with E-state index in [4.69, 9.17) is 9.47 Å². The smallest absolute Gasteiger partial charge is 0.251 e. The van der Waals surface area contributed by atoms with Gasteiger partial charge in [0.1, 0.15) is 29.9 Å². The number of amides is 1. The lowest BCUT2D eigenvalue weighted by Gasteiger charge is -2.21. The highest BCUT2D eigenvalue weighted by molar-refractivity contribution is 5.76. The van der Waals surface area contributed by atoms with Gasteiger partial charge in [-0.15, -0.1) is 0 Å². The lowest BCUT2D eigenvalue weighted by atomic mass is 10.0. The van der Waals surface area contributed by atoms with E-state index in [9.17, 15) is 9.59 Å². The van der Waals surface area contributed by atoms with Crippen LogP contribution >= 0.6 is 0 Å². The first kappa shape index (κ1) is 20.2. The van der Waals surface area contributed by atoms with Crippen LogP contribution in [0.2, 0.25) is 0 Å². The molecule has 3 aromatic rings. The lowest BCUT2D eigenvalue weighted by Crippen LogP contribution is -2.36. The molecule has 0 bridgehead atoms. The second-order valence-electron chi connectivity index (χ2n) is 6.71. The van der Waals surface area contributed by atoms with Crippen molar-refractivity contribution in [3.05, 3.63) is 76.2 Å². The summed E-state index contributed by atoms with van der Waals surface area (Å²) in [5.74, 6) is 1.53. The zero-order chi connectivity index (χ0) is 21.0. The third-order valence-corrected chi connectivity index (χ3v) is 4.59. The maximum atomic E-state index is 12.8. The molecule has 0 aliphatic heterocycles. The summed E-state index contributed by atoms with van der Waals surface area (Å²) < 4.78 is 13.9. The van der Waals surface area contributed by atoms with Gasteiger partial charge in [0.25, 0.3) is 5.56 Å².